The van der Waals surface area contributed by atoms with E-state index in [1.807, 2.05) is 19.9 Å². The van der Waals surface area contributed by atoms with Crippen LogP contribution in [0.1, 0.15) is 23.9 Å². The van der Waals surface area contributed by atoms with Crippen molar-refractivity contribution in [2.45, 2.75) is 20.8 Å². The van der Waals surface area contributed by atoms with Gasteiger partial charge in [-0.15, -0.1) is 10.2 Å². The van der Waals surface area contributed by atoms with Gasteiger partial charge in [0.15, 0.2) is 11.5 Å². The Hall–Kier alpha value is -3.69. The zero-order chi connectivity index (χ0) is 20.3. The monoisotopic (exact) mass is 384 g/mol. The van der Waals surface area contributed by atoms with Gasteiger partial charge < -0.3 is 14.2 Å². The van der Waals surface area contributed by atoms with E-state index in [9.17, 15) is 4.79 Å². The molecular formula is C18H20N6O4. The smallest absolute Gasteiger partial charge is 0.308 e. The van der Waals surface area contributed by atoms with Crippen LogP contribution in [0.15, 0.2) is 29.6 Å². The van der Waals surface area contributed by atoms with E-state index in [0.29, 0.717) is 23.0 Å². The lowest BCUT2D eigenvalue weighted by molar-refractivity contribution is -0.132. The molecule has 2 aromatic heterocycles. The number of esters is 1. The van der Waals surface area contributed by atoms with Crippen molar-refractivity contribution in [2.24, 2.45) is 5.10 Å². The van der Waals surface area contributed by atoms with Crippen molar-refractivity contribution >= 4 is 12.2 Å². The Balaban J connectivity index is 1.97. The number of hydrogen-bond donors (Lipinski definition) is 0. The third-order valence-corrected chi connectivity index (χ3v) is 3.77. The number of hydrogen-bond acceptors (Lipinski definition) is 8. The van der Waals surface area contributed by atoms with Crippen molar-refractivity contribution in [1.82, 2.24) is 24.7 Å². The highest BCUT2D eigenvalue weighted by molar-refractivity contribution is 5.83. The molecule has 0 unspecified atom stereocenters. The first-order chi connectivity index (χ1) is 13.4. The quantitative estimate of drug-likeness (QED) is 0.363. The molecule has 28 heavy (non-hydrogen) atoms. The SMILES string of the molecule is COc1cc(/C=N\n2cnnc2-n2nc(C)cc2C)cc(OC)c1OC(C)=O. The lowest BCUT2D eigenvalue weighted by atomic mass is 10.2. The van der Waals surface area contributed by atoms with Gasteiger partial charge in [0.2, 0.25) is 5.75 Å². The highest BCUT2D eigenvalue weighted by Crippen LogP contribution is 2.38. The van der Waals surface area contributed by atoms with Gasteiger partial charge in [-0.1, -0.05) is 0 Å². The molecule has 3 rings (SSSR count). The van der Waals surface area contributed by atoms with Crippen molar-refractivity contribution < 1.29 is 19.0 Å². The van der Waals surface area contributed by atoms with Gasteiger partial charge in [-0.3, -0.25) is 4.79 Å². The van der Waals surface area contributed by atoms with Crippen LogP contribution in [0.4, 0.5) is 0 Å². The summed E-state index contributed by atoms with van der Waals surface area (Å²) in [7, 11) is 2.95. The molecule has 0 bridgehead atoms. The summed E-state index contributed by atoms with van der Waals surface area (Å²) in [6.07, 6.45) is 3.06. The van der Waals surface area contributed by atoms with Gasteiger partial charge in [0, 0.05) is 18.2 Å². The van der Waals surface area contributed by atoms with Gasteiger partial charge >= 0.3 is 5.97 Å². The second kappa shape index (κ2) is 7.91. The summed E-state index contributed by atoms with van der Waals surface area (Å²) in [5, 5.41) is 16.8. The maximum atomic E-state index is 11.3. The van der Waals surface area contributed by atoms with Crippen LogP contribution in [0, 0.1) is 13.8 Å². The van der Waals surface area contributed by atoms with Gasteiger partial charge in [-0.05, 0) is 32.0 Å². The number of methoxy groups -OCH3 is 2. The summed E-state index contributed by atoms with van der Waals surface area (Å²) in [6, 6.07) is 5.29. The molecule has 10 heteroatoms. The molecule has 0 amide bonds. The molecule has 0 aliphatic carbocycles. The molecule has 0 saturated heterocycles. The summed E-state index contributed by atoms with van der Waals surface area (Å²) in [5.74, 6) is 0.883. The molecule has 3 aromatic rings. The zero-order valence-electron chi connectivity index (χ0n) is 16.2. The summed E-state index contributed by atoms with van der Waals surface area (Å²) in [4.78, 5) is 11.3. The fraction of sp³-hybridized carbons (Fsp3) is 0.278. The van der Waals surface area contributed by atoms with Crippen molar-refractivity contribution in [3.05, 3.63) is 41.5 Å². The molecule has 0 N–H and O–H groups in total. The molecule has 0 atom stereocenters. The number of aromatic nitrogens is 5. The molecular weight excluding hydrogens is 364 g/mol. The normalized spacial score (nSPS) is 11.0. The summed E-state index contributed by atoms with van der Waals surface area (Å²) in [5.41, 5.74) is 2.44. The average Bonchev–Trinajstić information content (AvgIpc) is 3.25. The van der Waals surface area contributed by atoms with Gasteiger partial charge in [-0.25, -0.2) is 4.68 Å². The molecule has 0 spiro atoms. The highest BCUT2D eigenvalue weighted by atomic mass is 16.6. The van der Waals surface area contributed by atoms with E-state index in [1.54, 1.807) is 23.0 Å². The Bertz CT molecular complexity index is 1010. The van der Waals surface area contributed by atoms with Crippen molar-refractivity contribution in [3.63, 3.8) is 0 Å². The number of ether oxygens (including phenoxy) is 3. The van der Waals surface area contributed by atoms with Crippen molar-refractivity contribution in [2.75, 3.05) is 14.2 Å². The van der Waals surface area contributed by atoms with Crippen LogP contribution < -0.4 is 14.2 Å². The van der Waals surface area contributed by atoms with Crippen LogP contribution in [0.2, 0.25) is 0 Å². The predicted octanol–water partition coefficient (Wildman–Crippen LogP) is 1.91. The van der Waals surface area contributed by atoms with Crippen LogP contribution in [-0.4, -0.2) is 51.1 Å². The fourth-order valence-electron chi connectivity index (χ4n) is 2.62. The lowest BCUT2D eigenvalue weighted by Gasteiger charge is -2.13. The van der Waals surface area contributed by atoms with Gasteiger partial charge in [0.25, 0.3) is 5.95 Å². The molecule has 0 radical (unpaired) electrons. The molecule has 10 nitrogen and oxygen atoms in total. The largest absolute Gasteiger partial charge is 0.493 e. The highest BCUT2D eigenvalue weighted by Gasteiger charge is 2.16. The van der Waals surface area contributed by atoms with E-state index in [4.69, 9.17) is 14.2 Å². The summed E-state index contributed by atoms with van der Waals surface area (Å²) in [6.45, 7) is 5.13. The van der Waals surface area contributed by atoms with E-state index in [2.05, 4.69) is 20.4 Å². The molecule has 2 heterocycles. The Morgan fingerprint density at radius 1 is 1.14 bits per heavy atom. The second-order valence-corrected chi connectivity index (χ2v) is 5.91. The van der Waals surface area contributed by atoms with Gasteiger partial charge in [-0.2, -0.15) is 14.9 Å². The van der Waals surface area contributed by atoms with E-state index in [1.165, 1.54) is 32.1 Å². The maximum absolute atomic E-state index is 11.3. The Morgan fingerprint density at radius 3 is 2.36 bits per heavy atom. The van der Waals surface area contributed by atoms with E-state index < -0.39 is 5.97 Å². The number of carbonyl (C=O) groups is 1. The number of nitrogens with zero attached hydrogens (tertiary/aromatic N) is 6. The number of rotatable bonds is 6. The van der Waals surface area contributed by atoms with Crippen molar-refractivity contribution in [1.29, 1.82) is 0 Å². The number of benzene rings is 1. The first kappa shape index (κ1) is 19.1. The minimum absolute atomic E-state index is 0.210. The number of aryl methyl sites for hydroxylation is 2. The van der Waals surface area contributed by atoms with Crippen LogP contribution in [0.25, 0.3) is 5.95 Å². The molecule has 0 aliphatic heterocycles. The lowest BCUT2D eigenvalue weighted by Crippen LogP contribution is -2.07. The molecule has 1 aromatic carbocycles. The minimum atomic E-state index is -0.475. The topological polar surface area (TPSA) is 106 Å². The van der Waals surface area contributed by atoms with E-state index in [0.717, 1.165) is 11.4 Å². The Labute approximate surface area is 161 Å². The van der Waals surface area contributed by atoms with Crippen LogP contribution in [0.3, 0.4) is 0 Å². The fourth-order valence-corrected chi connectivity index (χ4v) is 2.62. The van der Waals surface area contributed by atoms with Gasteiger partial charge in [0.1, 0.15) is 6.33 Å². The first-order valence-electron chi connectivity index (χ1n) is 8.35. The first-order valence-corrected chi connectivity index (χ1v) is 8.35. The Kier molecular flexibility index (Phi) is 5.39. The molecule has 0 saturated carbocycles. The average molecular weight is 384 g/mol. The van der Waals surface area contributed by atoms with Gasteiger partial charge in [0.05, 0.1) is 26.1 Å². The minimum Gasteiger partial charge on any atom is -0.493 e. The second-order valence-electron chi connectivity index (χ2n) is 5.91. The zero-order valence-corrected chi connectivity index (χ0v) is 16.2. The molecule has 0 aliphatic rings. The summed E-state index contributed by atoms with van der Waals surface area (Å²) < 4.78 is 19.0. The summed E-state index contributed by atoms with van der Waals surface area (Å²) >= 11 is 0. The van der Waals surface area contributed by atoms with Crippen LogP contribution >= 0.6 is 0 Å². The van der Waals surface area contributed by atoms with E-state index >= 15 is 0 Å². The van der Waals surface area contributed by atoms with Crippen LogP contribution in [0.5, 0.6) is 17.2 Å². The predicted molar refractivity (Wildman–Crippen MR) is 100 cm³/mol. The number of carbonyl (C=O) groups excluding carboxylic acids is 1. The van der Waals surface area contributed by atoms with Crippen molar-refractivity contribution in [3.8, 4) is 23.2 Å². The third-order valence-electron chi connectivity index (χ3n) is 3.77. The Morgan fingerprint density at radius 2 is 1.82 bits per heavy atom. The third kappa shape index (κ3) is 3.85. The standard InChI is InChI=1S/C18H20N6O4/c1-11-6-12(2)24(22-11)18-21-19-10-23(18)20-9-14-7-15(26-4)17(28-13(3)25)16(8-14)27-5/h6-10H,1-5H3/b20-9-. The maximum Gasteiger partial charge on any atom is 0.308 e. The molecule has 146 valence electrons. The van der Waals surface area contributed by atoms with Crippen LogP contribution in [-0.2, 0) is 4.79 Å². The molecule has 0 fully saturated rings. The van der Waals surface area contributed by atoms with E-state index in [-0.39, 0.29) is 5.75 Å².